The third-order valence-electron chi connectivity index (χ3n) is 2.54. The topological polar surface area (TPSA) is 54.4 Å². The lowest BCUT2D eigenvalue weighted by atomic mass is 10.0. The molecule has 1 aromatic rings. The van der Waals surface area contributed by atoms with E-state index >= 15 is 0 Å². The van der Waals surface area contributed by atoms with Gasteiger partial charge < -0.3 is 5.11 Å². The fourth-order valence-corrected chi connectivity index (χ4v) is 3.06. The van der Waals surface area contributed by atoms with Crippen molar-refractivity contribution in [3.8, 4) is 12.3 Å². The van der Waals surface area contributed by atoms with E-state index < -0.39 is 21.2 Å². The molecule has 0 saturated heterocycles. The summed E-state index contributed by atoms with van der Waals surface area (Å²) < 4.78 is 23.4. The molecule has 1 rings (SSSR count). The van der Waals surface area contributed by atoms with Gasteiger partial charge in [-0.05, 0) is 12.5 Å². The number of hydrogen-bond acceptors (Lipinski definition) is 3. The number of aliphatic hydroxyl groups is 1. The van der Waals surface area contributed by atoms with E-state index in [1.54, 1.807) is 12.1 Å². The third kappa shape index (κ3) is 3.58. The molecular weight excluding hydrogens is 236 g/mol. The lowest BCUT2D eigenvalue weighted by Crippen LogP contribution is -2.25. The highest BCUT2D eigenvalue weighted by molar-refractivity contribution is 7.91. The standard InChI is InChI=1S/C13H16O3S/c1-4-5-12(14)13(17(3,15)16)11-8-6-10(2)7-9-11/h1,6-9,12-14H,5H2,2-3H3. The maximum atomic E-state index is 11.7. The molecule has 0 aliphatic rings. The van der Waals surface area contributed by atoms with Crippen LogP contribution in [0.4, 0.5) is 0 Å². The van der Waals surface area contributed by atoms with E-state index in [2.05, 4.69) is 5.92 Å². The number of rotatable bonds is 4. The molecule has 0 fully saturated rings. The minimum absolute atomic E-state index is 0.0195. The summed E-state index contributed by atoms with van der Waals surface area (Å²) in [5.41, 5.74) is 1.60. The smallest absolute Gasteiger partial charge is 0.157 e. The number of aryl methyl sites for hydroxylation is 1. The minimum Gasteiger partial charge on any atom is -0.390 e. The van der Waals surface area contributed by atoms with Gasteiger partial charge >= 0.3 is 0 Å². The Kier molecular flexibility index (Phi) is 4.33. The van der Waals surface area contributed by atoms with E-state index in [1.807, 2.05) is 19.1 Å². The molecule has 1 N–H and O–H groups in total. The van der Waals surface area contributed by atoms with Gasteiger partial charge in [0.1, 0.15) is 5.25 Å². The summed E-state index contributed by atoms with van der Waals surface area (Å²) in [6.07, 6.45) is 5.16. The van der Waals surface area contributed by atoms with Crippen molar-refractivity contribution in [2.24, 2.45) is 0 Å². The van der Waals surface area contributed by atoms with Crippen molar-refractivity contribution in [1.82, 2.24) is 0 Å². The highest BCUT2D eigenvalue weighted by Gasteiger charge is 2.29. The van der Waals surface area contributed by atoms with Crippen molar-refractivity contribution in [1.29, 1.82) is 0 Å². The quantitative estimate of drug-likeness (QED) is 0.825. The lowest BCUT2D eigenvalue weighted by Gasteiger charge is -2.20. The highest BCUT2D eigenvalue weighted by atomic mass is 32.2. The summed E-state index contributed by atoms with van der Waals surface area (Å²) in [6.45, 7) is 1.91. The average molecular weight is 252 g/mol. The minimum atomic E-state index is -3.40. The summed E-state index contributed by atoms with van der Waals surface area (Å²) in [5, 5.41) is 8.89. The van der Waals surface area contributed by atoms with Crippen LogP contribution in [0.25, 0.3) is 0 Å². The van der Waals surface area contributed by atoms with Gasteiger partial charge in [0.2, 0.25) is 0 Å². The highest BCUT2D eigenvalue weighted by Crippen LogP contribution is 2.27. The van der Waals surface area contributed by atoms with Crippen LogP contribution in [0, 0.1) is 19.3 Å². The molecule has 2 atom stereocenters. The molecule has 0 aliphatic carbocycles. The van der Waals surface area contributed by atoms with E-state index in [0.717, 1.165) is 11.8 Å². The van der Waals surface area contributed by atoms with Crippen LogP contribution in [0.15, 0.2) is 24.3 Å². The predicted octanol–water partition coefficient (Wildman–Crippen LogP) is 1.46. The lowest BCUT2D eigenvalue weighted by molar-refractivity contribution is 0.174. The van der Waals surface area contributed by atoms with Gasteiger partial charge in [-0.15, -0.1) is 12.3 Å². The fourth-order valence-electron chi connectivity index (χ4n) is 1.74. The predicted molar refractivity (Wildman–Crippen MR) is 68.2 cm³/mol. The Morgan fingerprint density at radius 1 is 1.35 bits per heavy atom. The Morgan fingerprint density at radius 2 is 1.88 bits per heavy atom. The van der Waals surface area contributed by atoms with Gasteiger partial charge in [-0.25, -0.2) is 8.42 Å². The summed E-state index contributed by atoms with van der Waals surface area (Å²) >= 11 is 0. The first-order valence-corrected chi connectivity index (χ1v) is 7.18. The van der Waals surface area contributed by atoms with Crippen LogP contribution in [-0.4, -0.2) is 25.9 Å². The SMILES string of the molecule is C#CCC(O)C(c1ccc(C)cc1)S(C)(=O)=O. The number of sulfone groups is 1. The van der Waals surface area contributed by atoms with Crippen LogP contribution in [-0.2, 0) is 9.84 Å². The van der Waals surface area contributed by atoms with E-state index in [-0.39, 0.29) is 6.42 Å². The van der Waals surface area contributed by atoms with E-state index in [4.69, 9.17) is 6.42 Å². The second-order valence-electron chi connectivity index (χ2n) is 4.14. The Balaban J connectivity index is 3.17. The summed E-state index contributed by atoms with van der Waals surface area (Å²) in [4.78, 5) is 0. The van der Waals surface area contributed by atoms with Crippen LogP contribution in [0.1, 0.15) is 22.8 Å². The van der Waals surface area contributed by atoms with Gasteiger partial charge in [0.15, 0.2) is 9.84 Å². The summed E-state index contributed by atoms with van der Waals surface area (Å²) in [6, 6.07) is 7.05. The zero-order chi connectivity index (χ0) is 13.1. The summed E-state index contributed by atoms with van der Waals surface area (Å²) in [7, 11) is -3.40. The van der Waals surface area contributed by atoms with Gasteiger partial charge in [0, 0.05) is 12.7 Å². The molecule has 0 radical (unpaired) electrons. The van der Waals surface area contributed by atoms with Gasteiger partial charge in [0.05, 0.1) is 6.10 Å². The molecule has 0 heterocycles. The van der Waals surface area contributed by atoms with Crippen molar-refractivity contribution < 1.29 is 13.5 Å². The maximum Gasteiger partial charge on any atom is 0.157 e. The van der Waals surface area contributed by atoms with E-state index in [0.29, 0.717) is 5.56 Å². The number of aliphatic hydroxyl groups excluding tert-OH is 1. The van der Waals surface area contributed by atoms with Crippen molar-refractivity contribution >= 4 is 9.84 Å². The Hall–Kier alpha value is -1.31. The Morgan fingerprint density at radius 3 is 2.29 bits per heavy atom. The van der Waals surface area contributed by atoms with Crippen LogP contribution in [0.2, 0.25) is 0 Å². The molecule has 1 aromatic carbocycles. The molecule has 2 unspecified atom stereocenters. The third-order valence-corrected chi connectivity index (χ3v) is 4.05. The molecule has 92 valence electrons. The van der Waals surface area contributed by atoms with Crippen molar-refractivity contribution in [2.45, 2.75) is 24.7 Å². The Bertz CT molecular complexity index is 509. The van der Waals surface area contributed by atoms with Crippen LogP contribution in [0.5, 0.6) is 0 Å². The van der Waals surface area contributed by atoms with E-state index in [1.165, 1.54) is 0 Å². The first kappa shape index (κ1) is 13.8. The number of hydrogen-bond donors (Lipinski definition) is 1. The molecule has 17 heavy (non-hydrogen) atoms. The largest absolute Gasteiger partial charge is 0.390 e. The molecule has 0 amide bonds. The van der Waals surface area contributed by atoms with Gasteiger partial charge in [-0.2, -0.15) is 0 Å². The van der Waals surface area contributed by atoms with Crippen molar-refractivity contribution in [3.63, 3.8) is 0 Å². The first-order chi connectivity index (χ1) is 7.86. The molecule has 0 spiro atoms. The monoisotopic (exact) mass is 252 g/mol. The molecule has 4 heteroatoms. The van der Waals surface area contributed by atoms with Crippen molar-refractivity contribution in [3.05, 3.63) is 35.4 Å². The Labute approximate surface area is 102 Å². The van der Waals surface area contributed by atoms with Crippen LogP contribution in [0.3, 0.4) is 0 Å². The summed E-state index contributed by atoms with van der Waals surface area (Å²) in [5.74, 6) is 2.29. The molecule has 0 saturated carbocycles. The zero-order valence-electron chi connectivity index (χ0n) is 9.92. The van der Waals surface area contributed by atoms with E-state index in [9.17, 15) is 13.5 Å². The molecular formula is C13H16O3S. The zero-order valence-corrected chi connectivity index (χ0v) is 10.7. The van der Waals surface area contributed by atoms with Gasteiger partial charge in [-0.3, -0.25) is 0 Å². The second-order valence-corrected chi connectivity index (χ2v) is 6.30. The van der Waals surface area contributed by atoms with Gasteiger partial charge in [-0.1, -0.05) is 29.8 Å². The molecule has 3 nitrogen and oxygen atoms in total. The first-order valence-electron chi connectivity index (χ1n) is 5.23. The molecule has 0 aromatic heterocycles. The normalized spacial score (nSPS) is 14.9. The maximum absolute atomic E-state index is 11.7. The second kappa shape index (κ2) is 5.35. The molecule has 0 aliphatic heterocycles. The molecule has 0 bridgehead atoms. The van der Waals surface area contributed by atoms with Crippen LogP contribution < -0.4 is 0 Å². The number of terminal acetylenes is 1. The fraction of sp³-hybridized carbons (Fsp3) is 0.385. The van der Waals surface area contributed by atoms with Gasteiger partial charge in [0.25, 0.3) is 0 Å². The van der Waals surface area contributed by atoms with Crippen molar-refractivity contribution in [2.75, 3.05) is 6.26 Å². The number of benzene rings is 1. The van der Waals surface area contributed by atoms with Crippen LogP contribution >= 0.6 is 0 Å². The average Bonchev–Trinajstić information content (AvgIpc) is 2.19.